The van der Waals surface area contributed by atoms with Gasteiger partial charge in [0.1, 0.15) is 5.82 Å². The number of H-pyrrole nitrogens is 1. The maximum Gasteiger partial charge on any atom is 0.239 e. The Balaban J connectivity index is 2.60. The van der Waals surface area contributed by atoms with E-state index in [9.17, 15) is 0 Å². The summed E-state index contributed by atoms with van der Waals surface area (Å²) in [5.41, 5.74) is 5.35. The molecule has 11 heavy (non-hydrogen) atoms. The second-order valence-corrected chi connectivity index (χ2v) is 3.35. The molecule has 1 heterocycles. The van der Waals surface area contributed by atoms with Gasteiger partial charge in [0.25, 0.3) is 0 Å². The molecule has 1 atom stereocenters. The van der Waals surface area contributed by atoms with E-state index in [-0.39, 0.29) is 0 Å². The Bertz CT molecular complexity index is 222. The Morgan fingerprint density at radius 2 is 2.45 bits per heavy atom. The van der Waals surface area contributed by atoms with Crippen LogP contribution in [0.4, 0.5) is 5.95 Å². The number of nitrogens with zero attached hydrogens (tertiary/aromatic N) is 2. The highest BCUT2D eigenvalue weighted by atomic mass is 32.2. The minimum Gasteiger partial charge on any atom is -0.367 e. The van der Waals surface area contributed by atoms with Gasteiger partial charge in [-0.25, -0.2) is 0 Å². The van der Waals surface area contributed by atoms with E-state index in [0.29, 0.717) is 11.9 Å². The first-order chi connectivity index (χ1) is 5.24. The number of hydrogen-bond donors (Lipinski definition) is 2. The molecule has 3 N–H and O–H groups in total. The van der Waals surface area contributed by atoms with E-state index >= 15 is 0 Å². The zero-order valence-electron chi connectivity index (χ0n) is 6.66. The van der Waals surface area contributed by atoms with Crippen LogP contribution in [0.25, 0.3) is 0 Å². The van der Waals surface area contributed by atoms with Gasteiger partial charge >= 0.3 is 0 Å². The van der Waals surface area contributed by atoms with Crippen molar-refractivity contribution in [3.63, 3.8) is 0 Å². The van der Waals surface area contributed by atoms with Crippen LogP contribution in [-0.4, -0.2) is 27.2 Å². The second-order valence-electron chi connectivity index (χ2n) is 2.44. The van der Waals surface area contributed by atoms with E-state index in [0.717, 1.165) is 11.6 Å². The molecule has 1 unspecified atom stereocenters. The van der Waals surface area contributed by atoms with E-state index in [1.807, 2.05) is 0 Å². The first kappa shape index (κ1) is 8.39. The van der Waals surface area contributed by atoms with Crippen molar-refractivity contribution in [2.45, 2.75) is 12.8 Å². The minimum absolute atomic E-state index is 0.327. The molecule has 0 saturated heterocycles. The highest BCUT2D eigenvalue weighted by molar-refractivity contribution is 7.98. The average molecular weight is 172 g/mol. The number of rotatable bonds is 3. The molecule has 0 bridgehead atoms. The number of thioether (sulfide) groups is 1. The summed E-state index contributed by atoms with van der Waals surface area (Å²) in [6.07, 6.45) is 2.07. The largest absolute Gasteiger partial charge is 0.367 e. The van der Waals surface area contributed by atoms with E-state index in [4.69, 9.17) is 5.73 Å². The predicted octanol–water partition coefficient (Wildman–Crippen LogP) is 0.853. The molecule has 62 valence electrons. The topological polar surface area (TPSA) is 67.6 Å². The summed E-state index contributed by atoms with van der Waals surface area (Å²) < 4.78 is 0. The molecule has 0 aliphatic heterocycles. The summed E-state index contributed by atoms with van der Waals surface area (Å²) in [4.78, 5) is 4.03. The van der Waals surface area contributed by atoms with Crippen LogP contribution in [0.3, 0.4) is 0 Å². The van der Waals surface area contributed by atoms with Gasteiger partial charge in [-0.05, 0) is 6.26 Å². The Morgan fingerprint density at radius 3 is 2.91 bits per heavy atom. The Morgan fingerprint density at radius 1 is 1.73 bits per heavy atom. The number of anilines is 1. The molecule has 0 spiro atoms. The summed E-state index contributed by atoms with van der Waals surface area (Å²) in [6, 6.07) is 0. The molecule has 0 aliphatic carbocycles. The van der Waals surface area contributed by atoms with E-state index in [1.54, 1.807) is 11.8 Å². The van der Waals surface area contributed by atoms with Gasteiger partial charge in [-0.3, -0.25) is 5.10 Å². The van der Waals surface area contributed by atoms with Crippen molar-refractivity contribution in [1.82, 2.24) is 15.2 Å². The maximum atomic E-state index is 5.35. The van der Waals surface area contributed by atoms with Crippen molar-refractivity contribution in [2.75, 3.05) is 17.7 Å². The average Bonchev–Trinajstić information content (AvgIpc) is 2.36. The van der Waals surface area contributed by atoms with Gasteiger partial charge in [0.2, 0.25) is 5.95 Å². The van der Waals surface area contributed by atoms with Crippen molar-refractivity contribution in [3.8, 4) is 0 Å². The van der Waals surface area contributed by atoms with Crippen molar-refractivity contribution >= 4 is 17.7 Å². The van der Waals surface area contributed by atoms with Crippen molar-refractivity contribution < 1.29 is 0 Å². The zero-order valence-corrected chi connectivity index (χ0v) is 7.48. The van der Waals surface area contributed by atoms with Gasteiger partial charge in [0.15, 0.2) is 0 Å². The van der Waals surface area contributed by atoms with Gasteiger partial charge in [0.05, 0.1) is 0 Å². The fourth-order valence-corrected chi connectivity index (χ4v) is 1.50. The molecule has 0 aromatic carbocycles. The fraction of sp³-hybridized carbons (Fsp3) is 0.667. The molecule has 0 aliphatic rings. The molecule has 0 radical (unpaired) electrons. The van der Waals surface area contributed by atoms with Crippen LogP contribution in [0.1, 0.15) is 18.7 Å². The van der Waals surface area contributed by atoms with Gasteiger partial charge in [-0.15, -0.1) is 5.10 Å². The first-order valence-corrected chi connectivity index (χ1v) is 4.80. The monoisotopic (exact) mass is 172 g/mol. The van der Waals surface area contributed by atoms with Crippen molar-refractivity contribution in [1.29, 1.82) is 0 Å². The maximum absolute atomic E-state index is 5.35. The molecule has 0 amide bonds. The summed E-state index contributed by atoms with van der Waals surface area (Å²) >= 11 is 1.79. The predicted molar refractivity (Wildman–Crippen MR) is 47.6 cm³/mol. The summed E-state index contributed by atoms with van der Waals surface area (Å²) in [5.74, 6) is 2.63. The van der Waals surface area contributed by atoms with Crippen LogP contribution >= 0.6 is 11.8 Å². The molecular weight excluding hydrogens is 160 g/mol. The fourth-order valence-electron chi connectivity index (χ4n) is 0.837. The number of hydrogen-bond acceptors (Lipinski definition) is 4. The van der Waals surface area contributed by atoms with Crippen LogP contribution in [0.5, 0.6) is 0 Å². The SMILES string of the molecule is CSCC(C)c1nc(N)n[nH]1. The van der Waals surface area contributed by atoms with Gasteiger partial charge < -0.3 is 5.73 Å². The molecule has 4 nitrogen and oxygen atoms in total. The number of aromatic amines is 1. The van der Waals surface area contributed by atoms with Crippen LogP contribution in [-0.2, 0) is 0 Å². The lowest BCUT2D eigenvalue weighted by Gasteiger charge is -2.03. The van der Waals surface area contributed by atoms with Crippen LogP contribution in [0.2, 0.25) is 0 Å². The Hall–Kier alpha value is -0.710. The van der Waals surface area contributed by atoms with Crippen molar-refractivity contribution in [2.24, 2.45) is 0 Å². The minimum atomic E-state index is 0.327. The van der Waals surface area contributed by atoms with Crippen molar-refractivity contribution in [3.05, 3.63) is 5.82 Å². The van der Waals surface area contributed by atoms with Crippen LogP contribution in [0.15, 0.2) is 0 Å². The summed E-state index contributed by atoms with van der Waals surface area (Å²) in [7, 11) is 0. The zero-order chi connectivity index (χ0) is 8.27. The Labute approximate surface area is 70.0 Å². The smallest absolute Gasteiger partial charge is 0.239 e. The number of nitrogens with two attached hydrogens (primary N) is 1. The molecule has 0 fully saturated rings. The third-order valence-corrected chi connectivity index (χ3v) is 2.24. The normalized spacial score (nSPS) is 13.3. The second kappa shape index (κ2) is 3.61. The lowest BCUT2D eigenvalue weighted by molar-refractivity contribution is 0.792. The van der Waals surface area contributed by atoms with E-state index in [2.05, 4.69) is 28.4 Å². The molecular formula is C6H12N4S. The van der Waals surface area contributed by atoms with Crippen LogP contribution < -0.4 is 5.73 Å². The summed E-state index contributed by atoms with van der Waals surface area (Å²) in [5, 5.41) is 6.54. The molecule has 5 heteroatoms. The number of nitrogen functional groups attached to an aromatic ring is 1. The van der Waals surface area contributed by atoms with E-state index < -0.39 is 0 Å². The van der Waals surface area contributed by atoms with Crippen LogP contribution in [0, 0.1) is 0 Å². The number of nitrogens with one attached hydrogen (secondary N) is 1. The molecule has 1 aromatic rings. The van der Waals surface area contributed by atoms with Gasteiger partial charge in [-0.2, -0.15) is 16.7 Å². The first-order valence-electron chi connectivity index (χ1n) is 3.40. The molecule has 1 aromatic heterocycles. The Kier molecular flexibility index (Phi) is 2.76. The highest BCUT2D eigenvalue weighted by Crippen LogP contribution is 2.14. The van der Waals surface area contributed by atoms with Gasteiger partial charge in [0, 0.05) is 11.7 Å². The molecule has 1 rings (SSSR count). The summed E-state index contributed by atoms with van der Waals surface area (Å²) in [6.45, 7) is 2.09. The third-order valence-electron chi connectivity index (χ3n) is 1.40. The lowest BCUT2D eigenvalue weighted by atomic mass is 10.2. The number of aromatic nitrogens is 3. The highest BCUT2D eigenvalue weighted by Gasteiger charge is 2.08. The van der Waals surface area contributed by atoms with Gasteiger partial charge in [-0.1, -0.05) is 6.92 Å². The quantitative estimate of drug-likeness (QED) is 0.709. The molecule has 0 saturated carbocycles. The standard InChI is InChI=1S/C6H12N4S/c1-4(3-11-2)5-8-6(7)10-9-5/h4H,3H2,1-2H3,(H3,7,8,9,10). The lowest BCUT2D eigenvalue weighted by Crippen LogP contribution is -1.99. The van der Waals surface area contributed by atoms with E-state index in [1.165, 1.54) is 0 Å². The third kappa shape index (κ3) is 2.11.